The SMILES string of the molecule is C=C=C(n1nnc2ccccc21)n1nnc2ccccc21. The molecule has 0 amide bonds. The molecule has 2 aromatic carbocycles. The van der Waals surface area contributed by atoms with Gasteiger partial charge in [-0.2, -0.15) is 9.36 Å². The fourth-order valence-electron chi connectivity index (χ4n) is 2.29. The molecule has 6 nitrogen and oxygen atoms in total. The number of rotatable bonds is 2. The number of hydrogen-bond acceptors (Lipinski definition) is 4. The van der Waals surface area contributed by atoms with Crippen molar-refractivity contribution in [1.82, 2.24) is 30.0 Å². The summed E-state index contributed by atoms with van der Waals surface area (Å²) in [6.45, 7) is 3.75. The minimum absolute atomic E-state index is 0.567. The second-order valence-electron chi connectivity index (χ2n) is 4.48. The van der Waals surface area contributed by atoms with Gasteiger partial charge in [0.1, 0.15) is 11.0 Å². The lowest BCUT2D eigenvalue weighted by Gasteiger charge is -2.05. The highest BCUT2D eigenvalue weighted by Gasteiger charge is 2.13. The molecule has 0 saturated carbocycles. The van der Waals surface area contributed by atoms with E-state index >= 15 is 0 Å². The summed E-state index contributed by atoms with van der Waals surface area (Å²) in [5.41, 5.74) is 6.21. The van der Waals surface area contributed by atoms with Crippen molar-refractivity contribution >= 4 is 22.1 Å². The summed E-state index contributed by atoms with van der Waals surface area (Å²) in [5.74, 6) is 0.567. The van der Waals surface area contributed by atoms with Crippen molar-refractivity contribution in [3.05, 3.63) is 66.7 Å². The third-order valence-corrected chi connectivity index (χ3v) is 3.26. The van der Waals surface area contributed by atoms with Gasteiger partial charge in [-0.3, -0.25) is 0 Å². The molecule has 6 heteroatoms. The van der Waals surface area contributed by atoms with Gasteiger partial charge in [-0.1, -0.05) is 47.0 Å². The molecule has 0 saturated heterocycles. The minimum Gasteiger partial charge on any atom is -0.187 e. The highest BCUT2D eigenvalue weighted by atomic mass is 15.5. The lowest BCUT2D eigenvalue weighted by molar-refractivity contribution is 0.617. The Labute approximate surface area is 119 Å². The van der Waals surface area contributed by atoms with Crippen molar-refractivity contribution in [3.63, 3.8) is 0 Å². The van der Waals surface area contributed by atoms with Gasteiger partial charge in [0, 0.05) is 0 Å². The zero-order valence-electron chi connectivity index (χ0n) is 11.0. The van der Waals surface area contributed by atoms with Crippen LogP contribution in [0.4, 0.5) is 0 Å². The van der Waals surface area contributed by atoms with Gasteiger partial charge in [0.2, 0.25) is 5.82 Å². The second-order valence-corrected chi connectivity index (χ2v) is 4.48. The van der Waals surface area contributed by atoms with Crippen LogP contribution in [0.1, 0.15) is 0 Å². The Morgan fingerprint density at radius 3 is 1.76 bits per heavy atom. The summed E-state index contributed by atoms with van der Waals surface area (Å²) in [4.78, 5) is 0. The van der Waals surface area contributed by atoms with Crippen LogP contribution < -0.4 is 0 Å². The van der Waals surface area contributed by atoms with E-state index in [1.807, 2.05) is 48.5 Å². The van der Waals surface area contributed by atoms with Gasteiger partial charge in [-0.25, -0.2) is 0 Å². The van der Waals surface area contributed by atoms with Gasteiger partial charge in [-0.15, -0.1) is 10.2 Å². The van der Waals surface area contributed by atoms with E-state index in [1.165, 1.54) is 0 Å². The Bertz CT molecular complexity index is 927. The molecule has 4 aromatic rings. The highest BCUT2D eigenvalue weighted by molar-refractivity contribution is 5.76. The van der Waals surface area contributed by atoms with E-state index in [0.717, 1.165) is 22.1 Å². The number of nitrogens with zero attached hydrogens (tertiary/aromatic N) is 6. The first-order valence-electron chi connectivity index (χ1n) is 6.40. The number of aromatic nitrogens is 6. The van der Waals surface area contributed by atoms with Crippen LogP contribution in [0, 0.1) is 5.82 Å². The number of fused-ring (bicyclic) bond motifs is 2. The van der Waals surface area contributed by atoms with Crippen molar-refractivity contribution in [1.29, 1.82) is 0 Å². The first-order valence-corrected chi connectivity index (χ1v) is 6.40. The summed E-state index contributed by atoms with van der Waals surface area (Å²) >= 11 is 0. The van der Waals surface area contributed by atoms with Crippen LogP contribution in [0.2, 0.25) is 0 Å². The van der Waals surface area contributed by atoms with E-state index in [4.69, 9.17) is 0 Å². The zero-order chi connectivity index (χ0) is 14.2. The molecule has 0 N–H and O–H groups in total. The quantitative estimate of drug-likeness (QED) is 0.525. The van der Waals surface area contributed by atoms with Gasteiger partial charge >= 0.3 is 0 Å². The van der Waals surface area contributed by atoms with Crippen LogP contribution in [-0.4, -0.2) is 30.0 Å². The van der Waals surface area contributed by atoms with E-state index in [9.17, 15) is 0 Å². The fraction of sp³-hybridized carbons (Fsp3) is 0. The molecule has 0 spiro atoms. The van der Waals surface area contributed by atoms with E-state index in [-0.39, 0.29) is 0 Å². The lowest BCUT2D eigenvalue weighted by atomic mass is 10.3. The molecule has 0 aliphatic rings. The molecule has 0 bridgehead atoms. The van der Waals surface area contributed by atoms with Crippen LogP contribution in [0.25, 0.3) is 22.1 Å². The van der Waals surface area contributed by atoms with Gasteiger partial charge in [0.05, 0.1) is 11.0 Å². The lowest BCUT2D eigenvalue weighted by Crippen LogP contribution is -2.13. The fourth-order valence-corrected chi connectivity index (χ4v) is 2.29. The van der Waals surface area contributed by atoms with Gasteiger partial charge < -0.3 is 0 Å². The molecule has 0 unspecified atom stereocenters. The molecular formula is C15H10N6. The van der Waals surface area contributed by atoms with Crippen molar-refractivity contribution in [3.8, 4) is 0 Å². The normalized spacial score (nSPS) is 10.9. The van der Waals surface area contributed by atoms with Gasteiger partial charge in [-0.05, 0) is 24.3 Å². The van der Waals surface area contributed by atoms with Gasteiger partial charge in [0.15, 0.2) is 0 Å². The van der Waals surface area contributed by atoms with Crippen molar-refractivity contribution in [2.75, 3.05) is 0 Å². The van der Waals surface area contributed by atoms with Crippen LogP contribution in [0.15, 0.2) is 60.8 Å². The summed E-state index contributed by atoms with van der Waals surface area (Å²) in [6.07, 6.45) is 0. The number of benzene rings is 2. The molecule has 21 heavy (non-hydrogen) atoms. The van der Waals surface area contributed by atoms with Crippen LogP contribution in [-0.2, 0) is 0 Å². The predicted molar refractivity (Wildman–Crippen MR) is 78.2 cm³/mol. The third-order valence-electron chi connectivity index (χ3n) is 3.26. The highest BCUT2D eigenvalue weighted by Crippen LogP contribution is 2.16. The minimum atomic E-state index is 0.567. The number of para-hydroxylation sites is 2. The van der Waals surface area contributed by atoms with Crippen LogP contribution in [0.5, 0.6) is 0 Å². The Kier molecular flexibility index (Phi) is 2.43. The number of hydrogen-bond donors (Lipinski definition) is 0. The molecule has 0 aliphatic carbocycles. The molecule has 0 atom stereocenters. The van der Waals surface area contributed by atoms with Gasteiger partial charge in [0.25, 0.3) is 0 Å². The largest absolute Gasteiger partial charge is 0.202 e. The maximum absolute atomic E-state index is 4.17. The first kappa shape index (κ1) is 11.6. The van der Waals surface area contributed by atoms with Crippen LogP contribution in [0.3, 0.4) is 0 Å². The standard InChI is InChI=1S/C15H10N6/c1-2-15(20-13-9-5-3-7-11(13)16-18-20)21-14-10-6-4-8-12(14)17-19-21/h3-10H,1H2. The average molecular weight is 274 g/mol. The summed E-state index contributed by atoms with van der Waals surface area (Å²) < 4.78 is 3.31. The van der Waals surface area contributed by atoms with E-state index in [2.05, 4.69) is 32.9 Å². The second kappa shape index (κ2) is 4.40. The molecule has 2 aromatic heterocycles. The smallest absolute Gasteiger partial charge is 0.187 e. The Hall–Kier alpha value is -3.24. The average Bonchev–Trinajstić information content (AvgIpc) is 3.14. The Balaban J connectivity index is 1.99. The van der Waals surface area contributed by atoms with Crippen molar-refractivity contribution in [2.45, 2.75) is 0 Å². The van der Waals surface area contributed by atoms with Crippen molar-refractivity contribution in [2.24, 2.45) is 0 Å². The summed E-state index contributed by atoms with van der Waals surface area (Å²) in [5, 5.41) is 16.6. The molecule has 100 valence electrons. The third kappa shape index (κ3) is 1.67. The van der Waals surface area contributed by atoms with Crippen molar-refractivity contribution < 1.29 is 0 Å². The van der Waals surface area contributed by atoms with E-state index in [0.29, 0.717) is 5.82 Å². The molecule has 4 rings (SSSR count). The van der Waals surface area contributed by atoms with E-state index < -0.39 is 0 Å². The summed E-state index contributed by atoms with van der Waals surface area (Å²) in [7, 11) is 0. The van der Waals surface area contributed by atoms with E-state index in [1.54, 1.807) is 9.36 Å². The predicted octanol–water partition coefficient (Wildman–Crippen LogP) is 2.12. The first-order chi connectivity index (χ1) is 10.4. The maximum atomic E-state index is 4.17. The molecule has 0 radical (unpaired) electrons. The topological polar surface area (TPSA) is 61.4 Å². The summed E-state index contributed by atoms with van der Waals surface area (Å²) in [6, 6.07) is 15.4. The maximum Gasteiger partial charge on any atom is 0.202 e. The molecular weight excluding hydrogens is 264 g/mol. The molecule has 0 aliphatic heterocycles. The monoisotopic (exact) mass is 274 g/mol. The Morgan fingerprint density at radius 2 is 1.29 bits per heavy atom. The molecule has 0 fully saturated rings. The molecule has 2 heterocycles. The van der Waals surface area contributed by atoms with Crippen LogP contribution >= 0.6 is 0 Å². The zero-order valence-corrected chi connectivity index (χ0v) is 11.0. The Morgan fingerprint density at radius 1 is 0.810 bits per heavy atom.